The maximum absolute atomic E-state index is 5.54. The van der Waals surface area contributed by atoms with Crippen LogP contribution in [0.1, 0.15) is 26.2 Å². The second kappa shape index (κ2) is 10.1. The van der Waals surface area contributed by atoms with Gasteiger partial charge in [-0.2, -0.15) is 0 Å². The molecule has 0 bridgehead atoms. The average molecular weight is 348 g/mol. The fourth-order valence-electron chi connectivity index (χ4n) is 1.84. The lowest BCUT2D eigenvalue weighted by Gasteiger charge is -2.11. The zero-order valence-electron chi connectivity index (χ0n) is 12.6. The van der Waals surface area contributed by atoms with E-state index in [4.69, 9.17) is 6.42 Å². The Hall–Kier alpha value is -1.73. The lowest BCUT2D eigenvalue weighted by atomic mass is 10.1. The predicted molar refractivity (Wildman–Crippen MR) is 95.6 cm³/mol. The van der Waals surface area contributed by atoms with E-state index in [0.29, 0.717) is 0 Å². The van der Waals surface area contributed by atoms with Crippen LogP contribution < -0.4 is 10.6 Å². The van der Waals surface area contributed by atoms with Crippen molar-refractivity contribution in [1.29, 1.82) is 0 Å². The molecule has 1 heterocycles. The third kappa shape index (κ3) is 6.50. The fourth-order valence-corrected chi connectivity index (χ4v) is 2.17. The van der Waals surface area contributed by atoms with Crippen molar-refractivity contribution in [2.45, 2.75) is 26.2 Å². The third-order valence-electron chi connectivity index (χ3n) is 2.96. The Morgan fingerprint density at radius 1 is 1.48 bits per heavy atom. The number of unbranched alkanes of at least 4 members (excludes halogenated alkanes) is 1. The Morgan fingerprint density at radius 2 is 2.29 bits per heavy atom. The average Bonchev–Trinajstić information content (AvgIpc) is 2.50. The molecule has 0 spiro atoms. The summed E-state index contributed by atoms with van der Waals surface area (Å²) in [5.41, 5.74) is 2.00. The Labute approximate surface area is 136 Å². The molecule has 0 saturated heterocycles. The SMILES string of the molecule is C#C/C(=C\CC/C=C\C)CCNc1ncc(Br)cc1NC. The number of nitrogens with zero attached hydrogens (tertiary/aromatic N) is 1. The van der Waals surface area contributed by atoms with Gasteiger partial charge in [0.25, 0.3) is 0 Å². The zero-order chi connectivity index (χ0) is 15.5. The van der Waals surface area contributed by atoms with E-state index < -0.39 is 0 Å². The van der Waals surface area contributed by atoms with Crippen molar-refractivity contribution < 1.29 is 0 Å². The van der Waals surface area contributed by atoms with Crippen LogP contribution in [0.3, 0.4) is 0 Å². The Bertz CT molecular complexity index is 541. The van der Waals surface area contributed by atoms with Crippen molar-refractivity contribution in [2.75, 3.05) is 24.2 Å². The minimum atomic E-state index is 0.767. The van der Waals surface area contributed by atoms with Crippen molar-refractivity contribution >= 4 is 27.4 Å². The molecule has 0 amide bonds. The molecule has 0 saturated carbocycles. The van der Waals surface area contributed by atoms with Gasteiger partial charge in [-0.05, 0) is 53.8 Å². The van der Waals surface area contributed by atoms with Gasteiger partial charge >= 0.3 is 0 Å². The first kappa shape index (κ1) is 17.3. The maximum Gasteiger partial charge on any atom is 0.149 e. The number of pyridine rings is 1. The first-order valence-electron chi connectivity index (χ1n) is 7.05. The molecule has 0 aromatic carbocycles. The van der Waals surface area contributed by atoms with Crippen molar-refractivity contribution in [2.24, 2.45) is 0 Å². The van der Waals surface area contributed by atoms with Gasteiger partial charge in [-0.1, -0.05) is 24.1 Å². The van der Waals surface area contributed by atoms with Gasteiger partial charge in [0.1, 0.15) is 5.82 Å². The maximum atomic E-state index is 5.54. The van der Waals surface area contributed by atoms with Crippen LogP contribution in [0, 0.1) is 12.3 Å². The van der Waals surface area contributed by atoms with Crippen LogP contribution in [0.15, 0.2) is 40.5 Å². The second-order valence-corrected chi connectivity index (χ2v) is 5.41. The van der Waals surface area contributed by atoms with E-state index in [9.17, 15) is 0 Å². The van der Waals surface area contributed by atoms with Crippen LogP contribution in [-0.4, -0.2) is 18.6 Å². The van der Waals surface area contributed by atoms with E-state index >= 15 is 0 Å². The van der Waals surface area contributed by atoms with Gasteiger partial charge in [-0.15, -0.1) is 6.42 Å². The Morgan fingerprint density at radius 3 is 2.95 bits per heavy atom. The van der Waals surface area contributed by atoms with E-state index in [-0.39, 0.29) is 0 Å². The van der Waals surface area contributed by atoms with Crippen LogP contribution in [0.5, 0.6) is 0 Å². The smallest absolute Gasteiger partial charge is 0.149 e. The van der Waals surface area contributed by atoms with Crippen LogP contribution in [0.25, 0.3) is 0 Å². The van der Waals surface area contributed by atoms with Crippen molar-refractivity contribution in [3.8, 4) is 12.3 Å². The van der Waals surface area contributed by atoms with Gasteiger partial charge in [-0.25, -0.2) is 4.98 Å². The molecule has 1 aromatic heterocycles. The summed E-state index contributed by atoms with van der Waals surface area (Å²) in [6.07, 6.45) is 16.5. The van der Waals surface area contributed by atoms with E-state index in [1.54, 1.807) is 6.20 Å². The Kier molecular flexibility index (Phi) is 8.30. The summed E-state index contributed by atoms with van der Waals surface area (Å²) >= 11 is 3.41. The van der Waals surface area contributed by atoms with Crippen LogP contribution in [0.2, 0.25) is 0 Å². The lowest BCUT2D eigenvalue weighted by molar-refractivity contribution is 0.980. The Balaban J connectivity index is 2.50. The van der Waals surface area contributed by atoms with Gasteiger partial charge in [0.2, 0.25) is 0 Å². The van der Waals surface area contributed by atoms with E-state index in [1.807, 2.05) is 20.0 Å². The number of nitrogens with one attached hydrogen (secondary N) is 2. The highest BCUT2D eigenvalue weighted by molar-refractivity contribution is 9.10. The number of anilines is 2. The molecule has 0 atom stereocenters. The fraction of sp³-hybridized carbons (Fsp3) is 0.353. The summed E-state index contributed by atoms with van der Waals surface area (Å²) in [5.74, 6) is 3.60. The molecule has 0 aliphatic heterocycles. The van der Waals surface area contributed by atoms with E-state index in [0.717, 1.165) is 47.4 Å². The summed E-state index contributed by atoms with van der Waals surface area (Å²) in [6.45, 7) is 2.79. The molecule has 4 heteroatoms. The highest BCUT2D eigenvalue weighted by Crippen LogP contribution is 2.22. The van der Waals surface area contributed by atoms with Crippen LogP contribution in [-0.2, 0) is 0 Å². The van der Waals surface area contributed by atoms with E-state index in [1.165, 1.54) is 0 Å². The molecule has 112 valence electrons. The number of halogens is 1. The second-order valence-electron chi connectivity index (χ2n) is 4.50. The van der Waals surface area contributed by atoms with Crippen molar-refractivity contribution in [1.82, 2.24) is 4.98 Å². The predicted octanol–water partition coefficient (Wildman–Crippen LogP) is 4.60. The summed E-state index contributed by atoms with van der Waals surface area (Å²) in [5, 5.41) is 6.43. The molecular weight excluding hydrogens is 326 g/mol. The number of terminal acetylenes is 1. The van der Waals surface area contributed by atoms with Gasteiger partial charge in [0.05, 0.1) is 5.69 Å². The minimum absolute atomic E-state index is 0.767. The van der Waals surface area contributed by atoms with Gasteiger partial charge in [0, 0.05) is 24.3 Å². The first-order chi connectivity index (χ1) is 10.2. The molecule has 0 fully saturated rings. The van der Waals surface area contributed by atoms with Gasteiger partial charge in [-0.3, -0.25) is 0 Å². The monoisotopic (exact) mass is 347 g/mol. The number of hydrogen-bond donors (Lipinski definition) is 2. The minimum Gasteiger partial charge on any atom is -0.385 e. The molecule has 0 unspecified atom stereocenters. The topological polar surface area (TPSA) is 37.0 Å². The van der Waals surface area contributed by atoms with E-state index in [2.05, 4.69) is 55.7 Å². The summed E-state index contributed by atoms with van der Waals surface area (Å²) < 4.78 is 0.950. The van der Waals surface area contributed by atoms with Gasteiger partial charge in [0.15, 0.2) is 0 Å². The molecule has 1 aromatic rings. The molecule has 0 radical (unpaired) electrons. The summed E-state index contributed by atoms with van der Waals surface area (Å²) in [7, 11) is 1.88. The molecule has 2 N–H and O–H groups in total. The normalized spacial score (nSPS) is 11.4. The quantitative estimate of drug-likeness (QED) is 0.409. The highest BCUT2D eigenvalue weighted by atomic mass is 79.9. The highest BCUT2D eigenvalue weighted by Gasteiger charge is 2.03. The van der Waals surface area contributed by atoms with Crippen LogP contribution >= 0.6 is 15.9 Å². The lowest BCUT2D eigenvalue weighted by Crippen LogP contribution is -2.06. The third-order valence-corrected chi connectivity index (χ3v) is 3.39. The van der Waals surface area contributed by atoms with Crippen molar-refractivity contribution in [3.05, 3.63) is 40.5 Å². The number of allylic oxidation sites excluding steroid dienone is 3. The largest absolute Gasteiger partial charge is 0.385 e. The number of hydrogen-bond acceptors (Lipinski definition) is 3. The summed E-state index contributed by atoms with van der Waals surface area (Å²) in [6, 6.07) is 1.99. The van der Waals surface area contributed by atoms with Gasteiger partial charge < -0.3 is 10.6 Å². The molecule has 1 rings (SSSR count). The zero-order valence-corrected chi connectivity index (χ0v) is 14.2. The van der Waals surface area contributed by atoms with Crippen molar-refractivity contribution in [3.63, 3.8) is 0 Å². The number of aromatic nitrogens is 1. The molecule has 0 aliphatic carbocycles. The molecular formula is C17H22BrN3. The molecule has 3 nitrogen and oxygen atoms in total. The standard InChI is InChI=1S/C17H22BrN3/c1-4-6-7-8-9-14(5-2)10-11-20-17-16(19-3)12-15(18)13-21-17/h2,4,6,9,12-13,19H,7-8,10-11H2,1,3H3,(H,20,21)/b6-4-,14-9+. The first-order valence-corrected chi connectivity index (χ1v) is 7.84. The van der Waals surface area contributed by atoms with Crippen LogP contribution in [0.4, 0.5) is 11.5 Å². The number of rotatable bonds is 8. The molecule has 21 heavy (non-hydrogen) atoms. The summed E-state index contributed by atoms with van der Waals surface area (Å²) in [4.78, 5) is 4.36. The molecule has 0 aliphatic rings.